The number of carbonyl (C=O) groups is 2. The topological polar surface area (TPSA) is 174 Å². The Bertz CT molecular complexity index is 1160. The summed E-state index contributed by atoms with van der Waals surface area (Å²) in [5.74, 6) is -1.03. The summed E-state index contributed by atoms with van der Waals surface area (Å²) in [4.78, 5) is 40.2. The second kappa shape index (κ2) is 9.20. The maximum atomic E-state index is 12.3. The number of nitrogens with one attached hydrogen (secondary N) is 3. The molecule has 2 heterocycles. The summed E-state index contributed by atoms with van der Waals surface area (Å²) >= 11 is 0. The van der Waals surface area contributed by atoms with Crippen LogP contribution in [0.1, 0.15) is 35.8 Å². The predicted molar refractivity (Wildman–Crippen MR) is 114 cm³/mol. The highest BCUT2D eigenvalue weighted by atomic mass is 16.4. The Morgan fingerprint density at radius 1 is 1.29 bits per heavy atom. The summed E-state index contributed by atoms with van der Waals surface area (Å²) in [5.41, 5.74) is 8.29. The van der Waals surface area contributed by atoms with Gasteiger partial charge in [-0.15, -0.1) is 0 Å². The molecule has 0 saturated heterocycles. The van der Waals surface area contributed by atoms with E-state index in [0.29, 0.717) is 35.4 Å². The average molecular weight is 424 g/mol. The van der Waals surface area contributed by atoms with Crippen LogP contribution >= 0.6 is 0 Å². The van der Waals surface area contributed by atoms with Gasteiger partial charge in [0.05, 0.1) is 18.4 Å². The first-order valence-corrected chi connectivity index (χ1v) is 9.63. The number of nitrogens with two attached hydrogens (primary N) is 1. The third kappa shape index (κ3) is 5.53. The predicted octanol–water partition coefficient (Wildman–Crippen LogP) is 1.03. The number of hydrogen-bond donors (Lipinski definition) is 5. The molecule has 3 rings (SSSR count). The molecule has 0 aliphatic rings. The Hall–Kier alpha value is -4.02. The first-order chi connectivity index (χ1) is 14.7. The van der Waals surface area contributed by atoms with Gasteiger partial charge in [-0.3, -0.25) is 15.0 Å². The first kappa shape index (κ1) is 21.7. The number of H-pyrrole nitrogens is 1. The minimum atomic E-state index is -0.887. The normalized spacial score (nSPS) is 11.8. The van der Waals surface area contributed by atoms with Crippen molar-refractivity contribution in [2.45, 2.75) is 32.4 Å². The van der Waals surface area contributed by atoms with E-state index in [1.54, 1.807) is 25.3 Å². The van der Waals surface area contributed by atoms with Crippen LogP contribution in [0.15, 0.2) is 30.5 Å². The molecule has 31 heavy (non-hydrogen) atoms. The Labute approximate surface area is 177 Å². The second-order valence-electron chi connectivity index (χ2n) is 7.24. The fourth-order valence-corrected chi connectivity index (χ4v) is 3.00. The van der Waals surface area contributed by atoms with E-state index < -0.39 is 5.97 Å². The monoisotopic (exact) mass is 424 g/mol. The minimum Gasteiger partial charge on any atom is -0.481 e. The Morgan fingerprint density at radius 2 is 2.00 bits per heavy atom. The van der Waals surface area contributed by atoms with Crippen molar-refractivity contribution in [3.63, 3.8) is 0 Å². The number of carbonyl (C=O) groups excluding carboxylic acids is 1. The van der Waals surface area contributed by atoms with Crippen molar-refractivity contribution in [3.8, 4) is 0 Å². The molecule has 1 aromatic carbocycles. The van der Waals surface area contributed by atoms with Gasteiger partial charge < -0.3 is 26.0 Å². The number of aliphatic carboxylic acids is 1. The van der Waals surface area contributed by atoms with E-state index in [2.05, 4.69) is 25.3 Å². The second-order valence-corrected chi connectivity index (χ2v) is 7.24. The molecule has 11 nitrogen and oxygen atoms in total. The number of carboxylic acids is 1. The fraction of sp³-hybridized carbons (Fsp3) is 0.300. The Morgan fingerprint density at radius 3 is 2.68 bits per heavy atom. The summed E-state index contributed by atoms with van der Waals surface area (Å²) in [6.07, 6.45) is 1.96. The van der Waals surface area contributed by atoms with Gasteiger partial charge in [0.25, 0.3) is 5.91 Å². The Balaban J connectivity index is 1.65. The molecule has 0 saturated carbocycles. The van der Waals surface area contributed by atoms with E-state index in [4.69, 9.17) is 16.2 Å². The van der Waals surface area contributed by atoms with Crippen LogP contribution in [0.3, 0.4) is 0 Å². The van der Waals surface area contributed by atoms with Gasteiger partial charge in [-0.25, -0.2) is 9.97 Å². The van der Waals surface area contributed by atoms with Gasteiger partial charge >= 0.3 is 5.97 Å². The lowest BCUT2D eigenvalue weighted by atomic mass is 10.1. The van der Waals surface area contributed by atoms with Gasteiger partial charge in [-0.2, -0.15) is 4.98 Å². The summed E-state index contributed by atoms with van der Waals surface area (Å²) in [5, 5.41) is 19.5. The number of nitrogen functional groups attached to an aromatic ring is 1. The number of aromatic amines is 1. The molecule has 0 spiro atoms. The smallest absolute Gasteiger partial charge is 0.303 e. The lowest BCUT2D eigenvalue weighted by Crippen LogP contribution is -2.32. The number of fused-ring (bicyclic) bond motifs is 1. The number of hydrogen-bond acceptors (Lipinski definition) is 8. The molecule has 0 fully saturated rings. The highest BCUT2D eigenvalue weighted by Crippen LogP contribution is 2.16. The molecule has 6 N–H and O–H groups in total. The van der Waals surface area contributed by atoms with Gasteiger partial charge in [-0.05, 0) is 37.6 Å². The van der Waals surface area contributed by atoms with Gasteiger partial charge in [0, 0.05) is 30.8 Å². The number of anilines is 2. The number of amides is 1. The highest BCUT2D eigenvalue weighted by Gasteiger charge is 2.12. The molecule has 0 unspecified atom stereocenters. The van der Waals surface area contributed by atoms with Crippen LogP contribution in [0.25, 0.3) is 11.2 Å². The lowest BCUT2D eigenvalue weighted by Gasteiger charge is -2.19. The molecule has 0 aliphatic carbocycles. The zero-order valence-electron chi connectivity index (χ0n) is 17.2. The third-order valence-corrected chi connectivity index (χ3v) is 4.66. The van der Waals surface area contributed by atoms with E-state index in [-0.39, 0.29) is 29.8 Å². The number of benzene rings is 1. The maximum absolute atomic E-state index is 12.3. The van der Waals surface area contributed by atoms with Crippen LogP contribution in [-0.4, -0.2) is 50.0 Å². The van der Waals surface area contributed by atoms with Gasteiger partial charge in [0.15, 0.2) is 16.7 Å². The van der Waals surface area contributed by atoms with Crippen molar-refractivity contribution in [1.82, 2.24) is 25.3 Å². The number of aromatic nitrogens is 4. The summed E-state index contributed by atoms with van der Waals surface area (Å²) in [6, 6.07) is 6.82. The molecule has 0 aliphatic heterocycles. The van der Waals surface area contributed by atoms with Crippen LogP contribution in [0.2, 0.25) is 0 Å². The van der Waals surface area contributed by atoms with Crippen molar-refractivity contribution in [2.24, 2.45) is 0 Å². The molecular weight excluding hydrogens is 400 g/mol. The molecule has 2 aromatic heterocycles. The van der Waals surface area contributed by atoms with Gasteiger partial charge in [0.1, 0.15) is 0 Å². The summed E-state index contributed by atoms with van der Waals surface area (Å²) in [7, 11) is 1.88. The van der Waals surface area contributed by atoms with Crippen LogP contribution in [-0.2, 0) is 11.3 Å². The zero-order valence-corrected chi connectivity index (χ0v) is 17.2. The highest BCUT2D eigenvalue weighted by molar-refractivity contribution is 5.94. The van der Waals surface area contributed by atoms with Crippen molar-refractivity contribution in [1.29, 1.82) is 5.41 Å². The summed E-state index contributed by atoms with van der Waals surface area (Å²) < 4.78 is 0. The van der Waals surface area contributed by atoms with Crippen molar-refractivity contribution >= 4 is 34.7 Å². The Kier molecular flexibility index (Phi) is 6.43. The van der Waals surface area contributed by atoms with E-state index in [9.17, 15) is 9.59 Å². The van der Waals surface area contributed by atoms with E-state index >= 15 is 0 Å². The number of nitrogens with zero attached hydrogens (tertiary/aromatic N) is 4. The molecule has 3 aromatic rings. The van der Waals surface area contributed by atoms with Crippen LogP contribution < -0.4 is 21.4 Å². The van der Waals surface area contributed by atoms with Crippen molar-refractivity contribution in [2.75, 3.05) is 17.7 Å². The quantitative estimate of drug-likeness (QED) is 0.356. The van der Waals surface area contributed by atoms with Gasteiger partial charge in [-0.1, -0.05) is 0 Å². The van der Waals surface area contributed by atoms with E-state index in [1.807, 2.05) is 24.1 Å². The molecule has 162 valence electrons. The molecule has 1 amide bonds. The van der Waals surface area contributed by atoms with Crippen LogP contribution in [0, 0.1) is 5.41 Å². The largest absolute Gasteiger partial charge is 0.481 e. The van der Waals surface area contributed by atoms with Crippen molar-refractivity contribution in [3.05, 3.63) is 47.2 Å². The molecule has 11 heteroatoms. The summed E-state index contributed by atoms with van der Waals surface area (Å²) in [6.45, 7) is 2.21. The van der Waals surface area contributed by atoms with E-state index in [0.717, 1.165) is 5.69 Å². The standard InChI is InChI=1S/C20H24N8O3/c1-11(3-8-15(29)30)24-19(31)12-4-6-14(7-5-12)28(2)10-13-9-23-18-16(25-13)17(21)26-20(22)27-18/h4-7,9,11H,3,8,10H2,1-2H3,(H,24,31)(H,29,30)(H4,21,22,23,26,27)/t11-/m1/s1. The molecular formula is C20H24N8O3. The zero-order chi connectivity index (χ0) is 22.5. The average Bonchev–Trinajstić information content (AvgIpc) is 2.72. The SMILES string of the molecule is C[C@H](CCC(=O)O)NC(=O)c1ccc(N(C)Cc2cnc3nc(N)[nH]c(=N)c3n2)cc1. The molecule has 0 bridgehead atoms. The number of carboxylic acid groups (broad SMARTS) is 1. The van der Waals surface area contributed by atoms with Crippen molar-refractivity contribution < 1.29 is 14.7 Å². The minimum absolute atomic E-state index is 0.00599. The van der Waals surface area contributed by atoms with E-state index in [1.165, 1.54) is 0 Å². The van der Waals surface area contributed by atoms with Crippen LogP contribution in [0.4, 0.5) is 11.6 Å². The number of rotatable bonds is 8. The third-order valence-electron chi connectivity index (χ3n) is 4.66. The fourth-order valence-electron chi connectivity index (χ4n) is 3.00. The molecule has 1 atom stereocenters. The maximum Gasteiger partial charge on any atom is 0.303 e. The lowest BCUT2D eigenvalue weighted by molar-refractivity contribution is -0.137. The molecule has 0 radical (unpaired) electrons. The van der Waals surface area contributed by atoms with Gasteiger partial charge in [0.2, 0.25) is 5.95 Å². The first-order valence-electron chi connectivity index (χ1n) is 9.63. The van der Waals surface area contributed by atoms with Crippen LogP contribution in [0.5, 0.6) is 0 Å².